The lowest BCUT2D eigenvalue weighted by molar-refractivity contribution is -0.131. The molecule has 3 amide bonds. The summed E-state index contributed by atoms with van der Waals surface area (Å²) in [6.07, 6.45) is 0. The van der Waals surface area contributed by atoms with Crippen LogP contribution in [0.4, 0.5) is 19.3 Å². The van der Waals surface area contributed by atoms with Crippen LogP contribution >= 0.6 is 0 Å². The molecule has 0 bridgehead atoms. The topological polar surface area (TPSA) is 99.2 Å². The molecule has 2 aliphatic heterocycles. The van der Waals surface area contributed by atoms with Crippen LogP contribution in [0.25, 0.3) is 0 Å². The van der Waals surface area contributed by atoms with E-state index in [1.165, 1.54) is 42.2 Å². The van der Waals surface area contributed by atoms with Gasteiger partial charge in [0.1, 0.15) is 11.6 Å². The number of aromatic carboxylic acids is 1. The molecule has 1 saturated heterocycles. The highest BCUT2D eigenvalue weighted by atomic mass is 19.1. The van der Waals surface area contributed by atoms with Gasteiger partial charge in [0.2, 0.25) is 0 Å². The molecule has 0 aliphatic carbocycles. The Hall–Kier alpha value is -3.79. The van der Waals surface area contributed by atoms with Crippen molar-refractivity contribution in [2.75, 3.05) is 31.2 Å². The lowest BCUT2D eigenvalue weighted by Gasteiger charge is -2.38. The van der Waals surface area contributed by atoms with Crippen LogP contribution in [0.5, 0.6) is 0 Å². The fourth-order valence-corrected chi connectivity index (χ4v) is 4.01. The number of rotatable bonds is 4. The van der Waals surface area contributed by atoms with Crippen LogP contribution in [0.3, 0.4) is 0 Å². The Balaban J connectivity index is 1.85. The van der Waals surface area contributed by atoms with Gasteiger partial charge in [-0.3, -0.25) is 9.69 Å². The lowest BCUT2D eigenvalue weighted by atomic mass is 9.93. The van der Waals surface area contributed by atoms with Gasteiger partial charge in [-0.25, -0.2) is 18.4 Å². The molecule has 2 aromatic rings. The minimum Gasteiger partial charge on any atom is -0.478 e. The van der Waals surface area contributed by atoms with Crippen molar-refractivity contribution < 1.29 is 33.0 Å². The molecular weight excluding hydrogens is 436 g/mol. The summed E-state index contributed by atoms with van der Waals surface area (Å²) in [5.74, 6) is -3.29. The molecule has 0 radical (unpaired) electrons. The summed E-state index contributed by atoms with van der Waals surface area (Å²) in [6.45, 7) is 2.84. The second-order valence-corrected chi connectivity index (χ2v) is 7.64. The number of urea groups is 1. The summed E-state index contributed by atoms with van der Waals surface area (Å²) < 4.78 is 33.5. The quantitative estimate of drug-likeness (QED) is 0.735. The van der Waals surface area contributed by atoms with Crippen molar-refractivity contribution in [3.05, 3.63) is 76.5 Å². The summed E-state index contributed by atoms with van der Waals surface area (Å²) in [7, 11) is 0. The van der Waals surface area contributed by atoms with E-state index in [9.17, 15) is 28.3 Å². The number of nitrogens with one attached hydrogen (secondary N) is 1. The zero-order chi connectivity index (χ0) is 23.7. The maximum Gasteiger partial charge on any atom is 0.335 e. The summed E-state index contributed by atoms with van der Waals surface area (Å²) in [6, 6.07) is 6.80. The van der Waals surface area contributed by atoms with Gasteiger partial charge in [0.25, 0.3) is 5.91 Å². The number of halogens is 2. The van der Waals surface area contributed by atoms with E-state index >= 15 is 0 Å². The van der Waals surface area contributed by atoms with Crippen LogP contribution in [0.15, 0.2) is 53.7 Å². The predicted octanol–water partition coefficient (Wildman–Crippen LogP) is 3.07. The Bertz CT molecular complexity index is 1160. The Morgan fingerprint density at radius 1 is 1.12 bits per heavy atom. The largest absolute Gasteiger partial charge is 0.478 e. The second kappa shape index (κ2) is 8.99. The maximum absolute atomic E-state index is 14.7. The van der Waals surface area contributed by atoms with E-state index in [1.807, 2.05) is 0 Å². The van der Waals surface area contributed by atoms with Crippen LogP contribution in [0, 0.1) is 11.6 Å². The first-order chi connectivity index (χ1) is 15.8. The molecule has 8 nitrogen and oxygen atoms in total. The molecule has 1 unspecified atom stereocenters. The third kappa shape index (κ3) is 4.29. The molecule has 2 N–H and O–H groups in total. The summed E-state index contributed by atoms with van der Waals surface area (Å²) in [4.78, 5) is 40.7. The Morgan fingerprint density at radius 2 is 1.85 bits per heavy atom. The molecule has 0 saturated carbocycles. The third-order valence-electron chi connectivity index (χ3n) is 5.64. The number of ether oxygens (including phenoxy) is 1. The van der Waals surface area contributed by atoms with Gasteiger partial charge < -0.3 is 20.1 Å². The normalized spacial score (nSPS) is 18.9. The number of hydrogen-bond acceptors (Lipinski definition) is 4. The van der Waals surface area contributed by atoms with Crippen molar-refractivity contribution in [3.8, 4) is 0 Å². The number of carbonyl (C=O) groups excluding carboxylic acids is 2. The smallest absolute Gasteiger partial charge is 0.335 e. The molecule has 172 valence electrons. The fraction of sp³-hybridized carbons (Fsp3) is 0.261. The highest BCUT2D eigenvalue weighted by Gasteiger charge is 2.39. The highest BCUT2D eigenvalue weighted by molar-refractivity contribution is 6.05. The minimum atomic E-state index is -1.17. The SMILES string of the molecule is CC1=C(C(=O)N2CCOCC2)C(c2ccc(F)cc2F)NC(=O)N1c1cccc(C(=O)O)c1. The lowest BCUT2D eigenvalue weighted by Crippen LogP contribution is -2.51. The number of benzene rings is 2. The molecule has 2 aromatic carbocycles. The van der Waals surface area contributed by atoms with E-state index < -0.39 is 35.6 Å². The van der Waals surface area contributed by atoms with Crippen molar-refractivity contribution in [3.63, 3.8) is 0 Å². The number of anilines is 1. The van der Waals surface area contributed by atoms with Crippen LogP contribution in [0.2, 0.25) is 0 Å². The molecule has 0 aromatic heterocycles. The second-order valence-electron chi connectivity index (χ2n) is 7.64. The molecule has 0 spiro atoms. The van der Waals surface area contributed by atoms with Crippen molar-refractivity contribution in [1.82, 2.24) is 10.2 Å². The number of carbonyl (C=O) groups is 3. The van der Waals surface area contributed by atoms with Gasteiger partial charge in [0, 0.05) is 30.4 Å². The summed E-state index contributed by atoms with van der Waals surface area (Å²) in [5, 5.41) is 11.9. The first-order valence-corrected chi connectivity index (χ1v) is 10.2. The standard InChI is InChI=1S/C23H21F2N3O5/c1-13-19(21(29)27-7-9-33-10-8-27)20(17-6-5-15(24)12-18(17)25)26-23(32)28(13)16-4-2-3-14(11-16)22(30)31/h2-6,11-12,20H,7-10H2,1H3,(H,26,32)(H,30,31). The molecule has 2 heterocycles. The number of carboxylic acid groups (broad SMARTS) is 1. The number of carboxylic acids is 1. The highest BCUT2D eigenvalue weighted by Crippen LogP contribution is 2.36. The van der Waals surface area contributed by atoms with E-state index in [4.69, 9.17) is 4.74 Å². The number of amides is 3. The molecule has 10 heteroatoms. The van der Waals surface area contributed by atoms with Gasteiger partial charge in [0.15, 0.2) is 0 Å². The van der Waals surface area contributed by atoms with E-state index in [1.54, 1.807) is 4.90 Å². The van der Waals surface area contributed by atoms with Gasteiger partial charge in [-0.2, -0.15) is 0 Å². The van der Waals surface area contributed by atoms with Gasteiger partial charge in [-0.15, -0.1) is 0 Å². The Morgan fingerprint density at radius 3 is 2.52 bits per heavy atom. The van der Waals surface area contributed by atoms with E-state index in [2.05, 4.69) is 5.32 Å². The number of nitrogens with zero attached hydrogens (tertiary/aromatic N) is 2. The molecule has 2 aliphatic rings. The van der Waals surface area contributed by atoms with E-state index in [-0.39, 0.29) is 28.1 Å². The summed E-state index contributed by atoms with van der Waals surface area (Å²) in [5.41, 5.74) is 0.449. The van der Waals surface area contributed by atoms with E-state index in [0.717, 1.165) is 6.07 Å². The Labute approximate surface area is 188 Å². The zero-order valence-corrected chi connectivity index (χ0v) is 17.7. The maximum atomic E-state index is 14.7. The van der Waals surface area contributed by atoms with Gasteiger partial charge in [-0.1, -0.05) is 12.1 Å². The average Bonchev–Trinajstić information content (AvgIpc) is 2.79. The zero-order valence-electron chi connectivity index (χ0n) is 17.7. The van der Waals surface area contributed by atoms with Crippen LogP contribution in [-0.4, -0.2) is 54.2 Å². The minimum absolute atomic E-state index is 0.0409. The Kier molecular flexibility index (Phi) is 6.10. The van der Waals surface area contributed by atoms with Crippen LogP contribution in [-0.2, 0) is 9.53 Å². The van der Waals surface area contributed by atoms with Crippen LogP contribution < -0.4 is 10.2 Å². The van der Waals surface area contributed by atoms with Crippen molar-refractivity contribution in [2.24, 2.45) is 0 Å². The fourth-order valence-electron chi connectivity index (χ4n) is 4.01. The van der Waals surface area contributed by atoms with Gasteiger partial charge in [-0.05, 0) is 31.2 Å². The molecule has 33 heavy (non-hydrogen) atoms. The number of allylic oxidation sites excluding steroid dienone is 1. The molecular formula is C23H21F2N3O5. The third-order valence-corrected chi connectivity index (χ3v) is 5.64. The van der Waals surface area contributed by atoms with Crippen LogP contribution in [0.1, 0.15) is 28.9 Å². The number of hydrogen-bond donors (Lipinski definition) is 2. The molecule has 1 fully saturated rings. The molecule has 1 atom stereocenters. The van der Waals surface area contributed by atoms with Gasteiger partial charge in [0.05, 0.1) is 36.1 Å². The average molecular weight is 457 g/mol. The van der Waals surface area contributed by atoms with E-state index in [0.29, 0.717) is 32.4 Å². The van der Waals surface area contributed by atoms with Gasteiger partial charge >= 0.3 is 12.0 Å². The van der Waals surface area contributed by atoms with Crippen molar-refractivity contribution in [1.29, 1.82) is 0 Å². The predicted molar refractivity (Wildman–Crippen MR) is 114 cm³/mol. The first kappa shape index (κ1) is 22.4. The first-order valence-electron chi connectivity index (χ1n) is 10.2. The molecule has 4 rings (SSSR count). The number of morpholine rings is 1. The van der Waals surface area contributed by atoms with Crippen molar-refractivity contribution in [2.45, 2.75) is 13.0 Å². The monoisotopic (exact) mass is 457 g/mol. The summed E-state index contributed by atoms with van der Waals surface area (Å²) >= 11 is 0. The van der Waals surface area contributed by atoms with Crippen molar-refractivity contribution >= 4 is 23.6 Å².